The van der Waals surface area contributed by atoms with Gasteiger partial charge >= 0.3 is 0 Å². The Balaban J connectivity index is 0.000000165. The van der Waals surface area contributed by atoms with Crippen molar-refractivity contribution in [2.75, 3.05) is 0 Å². The Bertz CT molecular complexity index is 597. The van der Waals surface area contributed by atoms with Crippen LogP contribution in [0.2, 0.25) is 0 Å². The minimum atomic E-state index is 0.428. The molecule has 1 aromatic carbocycles. The lowest BCUT2D eigenvalue weighted by Gasteiger charge is -2.00. The summed E-state index contributed by atoms with van der Waals surface area (Å²) in [5.41, 5.74) is 17.5. The van der Waals surface area contributed by atoms with Crippen molar-refractivity contribution in [1.29, 1.82) is 0 Å². The van der Waals surface area contributed by atoms with E-state index >= 15 is 0 Å². The molecule has 4 atom stereocenters. The van der Waals surface area contributed by atoms with Crippen LogP contribution in [0, 0.1) is 5.92 Å². The van der Waals surface area contributed by atoms with Crippen molar-refractivity contribution in [1.82, 2.24) is 0 Å². The molecule has 0 unspecified atom stereocenters. The van der Waals surface area contributed by atoms with Gasteiger partial charge in [-0.1, -0.05) is 75.3 Å². The van der Waals surface area contributed by atoms with Gasteiger partial charge < -0.3 is 11.5 Å². The lowest BCUT2D eigenvalue weighted by Crippen LogP contribution is -2.02. The smallest absolute Gasteiger partial charge is 0.0115 e. The maximum atomic E-state index is 5.77. The summed E-state index contributed by atoms with van der Waals surface area (Å²) in [6.07, 6.45) is 10.5. The lowest BCUT2D eigenvalue weighted by atomic mass is 10.1. The van der Waals surface area contributed by atoms with Crippen LogP contribution in [0.1, 0.15) is 70.4 Å². The van der Waals surface area contributed by atoms with Crippen LogP contribution in [-0.2, 0) is 6.42 Å². The van der Waals surface area contributed by atoms with E-state index < -0.39 is 0 Å². The van der Waals surface area contributed by atoms with E-state index in [1.165, 1.54) is 36.8 Å². The third-order valence-corrected chi connectivity index (χ3v) is 5.39. The van der Waals surface area contributed by atoms with Gasteiger partial charge in [0, 0.05) is 18.0 Å². The first-order valence-electron chi connectivity index (χ1n) is 10.1. The van der Waals surface area contributed by atoms with E-state index in [0.29, 0.717) is 18.0 Å². The molecule has 0 aromatic heterocycles. The minimum absolute atomic E-state index is 0.428. The molecule has 1 aromatic rings. The molecule has 0 spiro atoms. The van der Waals surface area contributed by atoms with Gasteiger partial charge in [0.2, 0.25) is 0 Å². The molecule has 25 heavy (non-hydrogen) atoms. The van der Waals surface area contributed by atoms with E-state index in [1.54, 1.807) is 11.1 Å². The fourth-order valence-corrected chi connectivity index (χ4v) is 3.34. The van der Waals surface area contributed by atoms with Crippen molar-refractivity contribution in [2.45, 2.75) is 77.8 Å². The van der Waals surface area contributed by atoms with Crippen LogP contribution in [0.4, 0.5) is 0 Å². The Labute approximate surface area is 154 Å². The molecule has 2 saturated carbocycles. The molecule has 0 saturated heterocycles. The molecular weight excluding hydrogens is 304 g/mol. The SMILES string of the molecule is CC.CCC1=CC=C([C@H]2C[C@@H]2N)C1.CCc1ccc([C@H]2C[C@@H]2N)cc1. The number of benzene rings is 1. The van der Waals surface area contributed by atoms with Gasteiger partial charge in [-0.2, -0.15) is 0 Å². The van der Waals surface area contributed by atoms with Crippen LogP contribution in [0.5, 0.6) is 0 Å². The molecule has 3 aliphatic carbocycles. The number of allylic oxidation sites excluding steroid dienone is 3. The Hall–Kier alpha value is -1.38. The van der Waals surface area contributed by atoms with E-state index in [0.717, 1.165) is 12.3 Å². The van der Waals surface area contributed by atoms with Crippen LogP contribution >= 0.6 is 0 Å². The molecule has 138 valence electrons. The van der Waals surface area contributed by atoms with Crippen LogP contribution in [-0.4, -0.2) is 12.1 Å². The lowest BCUT2D eigenvalue weighted by molar-refractivity contribution is 0.867. The Morgan fingerprint density at radius 3 is 1.80 bits per heavy atom. The topological polar surface area (TPSA) is 52.0 Å². The van der Waals surface area contributed by atoms with Gasteiger partial charge in [-0.05, 0) is 49.1 Å². The third-order valence-electron chi connectivity index (χ3n) is 5.39. The zero-order valence-corrected chi connectivity index (χ0v) is 16.5. The van der Waals surface area contributed by atoms with Gasteiger partial charge in [-0.15, -0.1) is 0 Å². The average molecular weight is 341 g/mol. The number of hydrogen-bond donors (Lipinski definition) is 2. The summed E-state index contributed by atoms with van der Waals surface area (Å²) >= 11 is 0. The molecule has 0 bridgehead atoms. The van der Waals surface area contributed by atoms with E-state index in [-0.39, 0.29) is 0 Å². The first-order chi connectivity index (χ1) is 12.1. The summed E-state index contributed by atoms with van der Waals surface area (Å²) in [5, 5.41) is 0. The summed E-state index contributed by atoms with van der Waals surface area (Å²) in [6.45, 7) is 8.40. The fraction of sp³-hybridized carbons (Fsp3) is 0.565. The van der Waals surface area contributed by atoms with Gasteiger partial charge in [0.1, 0.15) is 0 Å². The molecule has 0 amide bonds. The van der Waals surface area contributed by atoms with Crippen molar-refractivity contribution in [3.8, 4) is 0 Å². The highest BCUT2D eigenvalue weighted by Gasteiger charge is 2.37. The highest BCUT2D eigenvalue weighted by atomic mass is 14.7. The second-order valence-electron chi connectivity index (χ2n) is 7.20. The van der Waals surface area contributed by atoms with Crippen LogP contribution < -0.4 is 11.5 Å². The average Bonchev–Trinajstić information content (AvgIpc) is 3.52. The second-order valence-corrected chi connectivity index (χ2v) is 7.20. The number of aryl methyl sites for hydroxylation is 1. The predicted octanol–water partition coefficient (Wildman–Crippen LogP) is 5.09. The first kappa shape index (κ1) is 19.9. The largest absolute Gasteiger partial charge is 0.327 e. The van der Waals surface area contributed by atoms with E-state index in [1.807, 2.05) is 13.8 Å². The van der Waals surface area contributed by atoms with Crippen LogP contribution in [0.25, 0.3) is 0 Å². The molecule has 4 N–H and O–H groups in total. The highest BCUT2D eigenvalue weighted by Crippen LogP contribution is 2.41. The van der Waals surface area contributed by atoms with Crippen molar-refractivity contribution >= 4 is 0 Å². The molecule has 4 rings (SSSR count). The van der Waals surface area contributed by atoms with E-state index in [4.69, 9.17) is 11.5 Å². The molecule has 0 radical (unpaired) electrons. The van der Waals surface area contributed by atoms with Crippen LogP contribution in [0.3, 0.4) is 0 Å². The molecule has 2 nitrogen and oxygen atoms in total. The van der Waals surface area contributed by atoms with Gasteiger partial charge in [0.05, 0.1) is 0 Å². The van der Waals surface area contributed by atoms with Gasteiger partial charge in [-0.3, -0.25) is 0 Å². The third kappa shape index (κ3) is 5.55. The van der Waals surface area contributed by atoms with E-state index in [9.17, 15) is 0 Å². The minimum Gasteiger partial charge on any atom is -0.327 e. The molecule has 0 heterocycles. The number of nitrogens with two attached hydrogens (primary N) is 2. The summed E-state index contributed by atoms with van der Waals surface area (Å²) in [4.78, 5) is 0. The zero-order valence-electron chi connectivity index (χ0n) is 16.5. The second kappa shape index (κ2) is 9.35. The Morgan fingerprint density at radius 2 is 1.40 bits per heavy atom. The standard InChI is InChI=1S/C11H15N.C10H15N.C2H6/c1-2-8-3-5-9(6-4-8)10-7-11(10)12;1-2-7-3-4-8(5-7)9-6-10(9)11;1-2/h3-6,10-11H,2,7,12H2,1H3;3-4,9-10H,2,5-6,11H2,1H3;1-2H3/t10-,11+;9-,10+;/m11./s1. The first-order valence-corrected chi connectivity index (χ1v) is 10.1. The summed E-state index contributed by atoms with van der Waals surface area (Å²) in [5.74, 6) is 1.38. The monoisotopic (exact) mass is 340 g/mol. The van der Waals surface area contributed by atoms with Gasteiger partial charge in [-0.25, -0.2) is 0 Å². The van der Waals surface area contributed by atoms with Crippen molar-refractivity contribution in [3.63, 3.8) is 0 Å². The summed E-state index contributed by atoms with van der Waals surface area (Å²) in [7, 11) is 0. The van der Waals surface area contributed by atoms with E-state index in [2.05, 4.69) is 50.3 Å². The Morgan fingerprint density at radius 1 is 0.840 bits per heavy atom. The maximum absolute atomic E-state index is 5.77. The summed E-state index contributed by atoms with van der Waals surface area (Å²) < 4.78 is 0. The zero-order chi connectivity index (χ0) is 18.4. The summed E-state index contributed by atoms with van der Waals surface area (Å²) in [6, 6.07) is 9.76. The normalized spacial score (nSPS) is 28.7. The van der Waals surface area contributed by atoms with Gasteiger partial charge in [0.25, 0.3) is 0 Å². The molecule has 3 aliphatic rings. The highest BCUT2D eigenvalue weighted by molar-refractivity contribution is 5.35. The van der Waals surface area contributed by atoms with Crippen molar-refractivity contribution < 1.29 is 0 Å². The molecule has 2 heteroatoms. The quantitative estimate of drug-likeness (QED) is 0.802. The molecule has 2 fully saturated rings. The number of rotatable bonds is 4. The van der Waals surface area contributed by atoms with Crippen LogP contribution in [0.15, 0.2) is 47.6 Å². The Kier molecular flexibility index (Phi) is 7.46. The van der Waals surface area contributed by atoms with Crippen molar-refractivity contribution in [2.24, 2.45) is 17.4 Å². The van der Waals surface area contributed by atoms with Gasteiger partial charge in [0.15, 0.2) is 0 Å². The molecular formula is C23H36N2. The fourth-order valence-electron chi connectivity index (χ4n) is 3.34. The maximum Gasteiger partial charge on any atom is 0.0115 e. The predicted molar refractivity (Wildman–Crippen MR) is 110 cm³/mol. The molecule has 0 aliphatic heterocycles. The van der Waals surface area contributed by atoms with Crippen molar-refractivity contribution in [3.05, 3.63) is 58.7 Å². The number of hydrogen-bond acceptors (Lipinski definition) is 2.